The van der Waals surface area contributed by atoms with E-state index in [4.69, 9.17) is 9.47 Å². The maximum atomic E-state index is 11.7. The van der Waals surface area contributed by atoms with E-state index in [1.807, 2.05) is 25.2 Å². The van der Waals surface area contributed by atoms with Gasteiger partial charge in [0.2, 0.25) is 0 Å². The number of hydrogen-bond donors (Lipinski definition) is 0. The standard InChI is InChI=1S/C14H20O4/c1-9-6-5-7-11(8-10(9)2)12(13(15)17-3)14(16)18-4/h5-7,10-12H,8H2,1-4H3/t10-,11+/m1/s1. The zero-order valence-corrected chi connectivity index (χ0v) is 11.3. The summed E-state index contributed by atoms with van der Waals surface area (Å²) in [6.45, 7) is 4.13. The molecule has 0 heterocycles. The van der Waals surface area contributed by atoms with Crippen LogP contribution in [0.5, 0.6) is 0 Å². The molecule has 0 aliphatic heterocycles. The van der Waals surface area contributed by atoms with Crippen LogP contribution in [0.2, 0.25) is 0 Å². The van der Waals surface area contributed by atoms with E-state index in [9.17, 15) is 9.59 Å². The van der Waals surface area contributed by atoms with Crippen molar-refractivity contribution in [2.24, 2.45) is 17.8 Å². The first-order chi connectivity index (χ1) is 8.51. The van der Waals surface area contributed by atoms with Crippen LogP contribution in [0.4, 0.5) is 0 Å². The Morgan fingerprint density at radius 2 is 1.83 bits per heavy atom. The summed E-state index contributed by atoms with van der Waals surface area (Å²) in [6.07, 6.45) is 6.51. The van der Waals surface area contributed by atoms with E-state index in [0.29, 0.717) is 5.92 Å². The Bertz CT molecular complexity index is 365. The summed E-state index contributed by atoms with van der Waals surface area (Å²) in [4.78, 5) is 23.5. The minimum Gasteiger partial charge on any atom is -0.468 e. The number of carbonyl (C=O) groups is 2. The SMILES string of the molecule is COC(=O)C(C(=O)OC)[C@H]1C=CC=C(C)[C@H](C)C1. The number of esters is 2. The molecule has 0 N–H and O–H groups in total. The van der Waals surface area contributed by atoms with Gasteiger partial charge in [-0.15, -0.1) is 0 Å². The quantitative estimate of drug-likeness (QED) is 0.570. The molecule has 4 nitrogen and oxygen atoms in total. The van der Waals surface area contributed by atoms with Gasteiger partial charge < -0.3 is 9.47 Å². The molecular weight excluding hydrogens is 232 g/mol. The Hall–Kier alpha value is -1.58. The van der Waals surface area contributed by atoms with Crippen LogP contribution in [0.25, 0.3) is 0 Å². The zero-order chi connectivity index (χ0) is 13.7. The first-order valence-corrected chi connectivity index (χ1v) is 6.01. The molecule has 0 bridgehead atoms. The van der Waals surface area contributed by atoms with Gasteiger partial charge in [-0.2, -0.15) is 0 Å². The van der Waals surface area contributed by atoms with Gasteiger partial charge in [0.25, 0.3) is 0 Å². The van der Waals surface area contributed by atoms with E-state index < -0.39 is 17.9 Å². The third kappa shape index (κ3) is 3.22. The number of methoxy groups -OCH3 is 2. The van der Waals surface area contributed by atoms with Crippen molar-refractivity contribution in [3.8, 4) is 0 Å². The third-order valence-electron chi connectivity index (χ3n) is 3.46. The molecule has 2 atom stereocenters. The van der Waals surface area contributed by atoms with Gasteiger partial charge in [-0.05, 0) is 19.3 Å². The fraction of sp³-hybridized carbons (Fsp3) is 0.571. The van der Waals surface area contributed by atoms with Crippen LogP contribution in [0, 0.1) is 17.8 Å². The maximum Gasteiger partial charge on any atom is 0.320 e. The third-order valence-corrected chi connectivity index (χ3v) is 3.46. The first-order valence-electron chi connectivity index (χ1n) is 6.01. The predicted molar refractivity (Wildman–Crippen MR) is 67.7 cm³/mol. The van der Waals surface area contributed by atoms with Gasteiger partial charge in [0.1, 0.15) is 0 Å². The van der Waals surface area contributed by atoms with Gasteiger partial charge in [0.15, 0.2) is 5.92 Å². The van der Waals surface area contributed by atoms with Gasteiger partial charge in [-0.25, -0.2) is 0 Å². The normalized spacial score (nSPS) is 23.3. The van der Waals surface area contributed by atoms with E-state index in [1.165, 1.54) is 19.8 Å². The van der Waals surface area contributed by atoms with Gasteiger partial charge in [0.05, 0.1) is 14.2 Å². The summed E-state index contributed by atoms with van der Waals surface area (Å²) in [5.74, 6) is -1.82. The Balaban J connectivity index is 2.94. The van der Waals surface area contributed by atoms with Crippen LogP contribution >= 0.6 is 0 Å². The van der Waals surface area contributed by atoms with E-state index in [1.54, 1.807) is 0 Å². The number of allylic oxidation sites excluding steroid dienone is 4. The fourth-order valence-corrected chi connectivity index (χ4v) is 2.13. The Kier molecular flexibility index (Phi) is 5.13. The number of ether oxygens (including phenoxy) is 2. The average Bonchev–Trinajstić information content (AvgIpc) is 2.52. The van der Waals surface area contributed by atoms with E-state index >= 15 is 0 Å². The molecule has 0 aromatic rings. The van der Waals surface area contributed by atoms with Gasteiger partial charge in [-0.1, -0.05) is 30.7 Å². The van der Waals surface area contributed by atoms with Crippen molar-refractivity contribution in [1.82, 2.24) is 0 Å². The summed E-state index contributed by atoms with van der Waals surface area (Å²) >= 11 is 0. The Morgan fingerprint density at radius 3 is 2.33 bits per heavy atom. The first kappa shape index (κ1) is 14.5. The monoisotopic (exact) mass is 252 g/mol. The highest BCUT2D eigenvalue weighted by molar-refractivity contribution is 5.95. The lowest BCUT2D eigenvalue weighted by Crippen LogP contribution is -2.33. The Labute approximate surface area is 108 Å². The van der Waals surface area contributed by atoms with E-state index in [0.717, 1.165) is 6.42 Å². The summed E-state index contributed by atoms with van der Waals surface area (Å²) in [5, 5.41) is 0. The Morgan fingerprint density at radius 1 is 1.28 bits per heavy atom. The average molecular weight is 252 g/mol. The molecule has 1 aliphatic rings. The predicted octanol–water partition coefficient (Wildman–Crippen LogP) is 2.11. The van der Waals surface area contributed by atoms with Crippen molar-refractivity contribution < 1.29 is 19.1 Å². The molecule has 0 saturated heterocycles. The second-order valence-electron chi connectivity index (χ2n) is 4.62. The van der Waals surface area contributed by atoms with Crippen LogP contribution < -0.4 is 0 Å². The van der Waals surface area contributed by atoms with E-state index in [-0.39, 0.29) is 5.92 Å². The van der Waals surface area contributed by atoms with Crippen molar-refractivity contribution in [3.63, 3.8) is 0 Å². The lowest BCUT2D eigenvalue weighted by molar-refractivity contribution is -0.160. The molecule has 1 aliphatic carbocycles. The summed E-state index contributed by atoms with van der Waals surface area (Å²) < 4.78 is 9.40. The van der Waals surface area contributed by atoms with Crippen LogP contribution in [0.1, 0.15) is 20.3 Å². The van der Waals surface area contributed by atoms with Crippen LogP contribution in [-0.4, -0.2) is 26.2 Å². The van der Waals surface area contributed by atoms with Crippen LogP contribution in [0.3, 0.4) is 0 Å². The van der Waals surface area contributed by atoms with Crippen molar-refractivity contribution in [1.29, 1.82) is 0 Å². The largest absolute Gasteiger partial charge is 0.468 e. The smallest absolute Gasteiger partial charge is 0.320 e. The number of rotatable bonds is 3. The molecule has 0 saturated carbocycles. The van der Waals surface area contributed by atoms with Crippen LogP contribution in [0.15, 0.2) is 23.8 Å². The number of hydrogen-bond acceptors (Lipinski definition) is 4. The zero-order valence-electron chi connectivity index (χ0n) is 11.3. The minimum atomic E-state index is -0.877. The molecular formula is C14H20O4. The van der Waals surface area contributed by atoms with Crippen molar-refractivity contribution in [3.05, 3.63) is 23.8 Å². The van der Waals surface area contributed by atoms with Crippen molar-refractivity contribution in [2.45, 2.75) is 20.3 Å². The highest BCUT2D eigenvalue weighted by Crippen LogP contribution is 2.30. The maximum absolute atomic E-state index is 11.7. The molecule has 0 aromatic heterocycles. The minimum absolute atomic E-state index is 0.186. The molecule has 18 heavy (non-hydrogen) atoms. The fourth-order valence-electron chi connectivity index (χ4n) is 2.13. The topological polar surface area (TPSA) is 52.6 Å². The lowest BCUT2D eigenvalue weighted by Gasteiger charge is -2.22. The highest BCUT2D eigenvalue weighted by atomic mass is 16.5. The van der Waals surface area contributed by atoms with Crippen molar-refractivity contribution >= 4 is 11.9 Å². The molecule has 4 heteroatoms. The van der Waals surface area contributed by atoms with Gasteiger partial charge in [0, 0.05) is 5.92 Å². The second-order valence-corrected chi connectivity index (χ2v) is 4.62. The molecule has 0 aromatic carbocycles. The summed E-state index contributed by atoms with van der Waals surface area (Å²) in [7, 11) is 2.57. The molecule has 1 rings (SSSR count). The van der Waals surface area contributed by atoms with Crippen LogP contribution in [-0.2, 0) is 19.1 Å². The summed E-state index contributed by atoms with van der Waals surface area (Å²) in [6, 6.07) is 0. The molecule has 0 radical (unpaired) electrons. The summed E-state index contributed by atoms with van der Waals surface area (Å²) in [5.41, 5.74) is 1.24. The van der Waals surface area contributed by atoms with Gasteiger partial charge in [-0.3, -0.25) is 9.59 Å². The molecule has 0 spiro atoms. The molecule has 100 valence electrons. The second kappa shape index (κ2) is 6.38. The van der Waals surface area contributed by atoms with Gasteiger partial charge >= 0.3 is 11.9 Å². The van der Waals surface area contributed by atoms with E-state index in [2.05, 4.69) is 6.92 Å². The highest BCUT2D eigenvalue weighted by Gasteiger charge is 2.36. The molecule has 0 unspecified atom stereocenters. The molecule has 0 fully saturated rings. The molecule has 0 amide bonds. The van der Waals surface area contributed by atoms with Crippen molar-refractivity contribution in [2.75, 3.05) is 14.2 Å². The number of carbonyl (C=O) groups excluding carboxylic acids is 2. The lowest BCUT2D eigenvalue weighted by atomic mass is 9.84.